The molecule has 1 aromatic heterocycles. The van der Waals surface area contributed by atoms with Gasteiger partial charge < -0.3 is 15.4 Å². The largest absolute Gasteiger partial charge is 0.398 e. The van der Waals surface area contributed by atoms with Gasteiger partial charge in [-0.3, -0.25) is 0 Å². The number of hydrogen-bond donors (Lipinski definition) is 1. The molecule has 108 valence electrons. The van der Waals surface area contributed by atoms with Crippen LogP contribution in [0.4, 0.5) is 11.5 Å². The third-order valence-electron chi connectivity index (χ3n) is 4.62. The van der Waals surface area contributed by atoms with E-state index in [0.717, 1.165) is 49.8 Å². The first-order valence-corrected chi connectivity index (χ1v) is 7.45. The number of nitrogens with zero attached hydrogens (tertiary/aromatic N) is 2. The van der Waals surface area contributed by atoms with Gasteiger partial charge in [0.05, 0.1) is 13.2 Å². The number of ether oxygens (including phenoxy) is 1. The van der Waals surface area contributed by atoms with Gasteiger partial charge in [-0.2, -0.15) is 0 Å². The van der Waals surface area contributed by atoms with E-state index in [4.69, 9.17) is 10.5 Å². The molecule has 2 aliphatic rings. The summed E-state index contributed by atoms with van der Waals surface area (Å²) in [5.74, 6) is 1.64. The van der Waals surface area contributed by atoms with E-state index in [1.807, 2.05) is 12.3 Å². The molecule has 1 saturated heterocycles. The van der Waals surface area contributed by atoms with Gasteiger partial charge in [-0.25, -0.2) is 4.98 Å². The van der Waals surface area contributed by atoms with Crippen molar-refractivity contribution in [3.63, 3.8) is 0 Å². The molecule has 0 amide bonds. The Hall–Kier alpha value is -1.55. The molecule has 0 saturated carbocycles. The van der Waals surface area contributed by atoms with Gasteiger partial charge in [-0.05, 0) is 31.3 Å². The first-order chi connectivity index (χ1) is 9.66. The van der Waals surface area contributed by atoms with E-state index in [0.29, 0.717) is 5.92 Å². The Morgan fingerprint density at radius 2 is 2.10 bits per heavy atom. The summed E-state index contributed by atoms with van der Waals surface area (Å²) in [4.78, 5) is 6.86. The zero-order chi connectivity index (χ0) is 14.1. The molecule has 1 aliphatic heterocycles. The van der Waals surface area contributed by atoms with Crippen molar-refractivity contribution >= 4 is 17.1 Å². The lowest BCUT2D eigenvalue weighted by Crippen LogP contribution is -2.36. The van der Waals surface area contributed by atoms with Crippen molar-refractivity contribution in [1.82, 2.24) is 4.98 Å². The molecular formula is C16H23N3O. The maximum Gasteiger partial charge on any atom is 0.130 e. The summed E-state index contributed by atoms with van der Waals surface area (Å²) in [6, 6.07) is 2.02. The molecule has 2 heterocycles. The minimum absolute atomic E-state index is 0.670. The zero-order valence-electron chi connectivity index (χ0n) is 12.4. The van der Waals surface area contributed by atoms with Crippen LogP contribution in [0, 0.1) is 5.92 Å². The summed E-state index contributed by atoms with van der Waals surface area (Å²) >= 11 is 0. The average molecular weight is 273 g/mol. The third kappa shape index (κ3) is 2.40. The van der Waals surface area contributed by atoms with Crippen molar-refractivity contribution in [3.8, 4) is 0 Å². The molecule has 0 bridgehead atoms. The van der Waals surface area contributed by atoms with Gasteiger partial charge in [-0.1, -0.05) is 12.5 Å². The number of allylic oxidation sites excluding steroid dienone is 2. The van der Waals surface area contributed by atoms with Crippen LogP contribution in [-0.2, 0) is 4.74 Å². The molecule has 4 heteroatoms. The second-order valence-electron chi connectivity index (χ2n) is 5.83. The van der Waals surface area contributed by atoms with Crippen molar-refractivity contribution < 1.29 is 4.74 Å². The second kappa shape index (κ2) is 5.44. The highest BCUT2D eigenvalue weighted by atomic mass is 16.5. The highest BCUT2D eigenvalue weighted by molar-refractivity contribution is 5.79. The van der Waals surface area contributed by atoms with Crippen LogP contribution in [-0.4, -0.2) is 31.3 Å². The van der Waals surface area contributed by atoms with Crippen LogP contribution in [0.1, 0.15) is 32.3 Å². The molecule has 1 atom stereocenters. The Bertz CT molecular complexity index is 533. The Kier molecular flexibility index (Phi) is 3.66. The smallest absolute Gasteiger partial charge is 0.130 e. The van der Waals surface area contributed by atoms with Crippen LogP contribution in [0.25, 0.3) is 5.57 Å². The quantitative estimate of drug-likeness (QED) is 0.900. The number of aromatic nitrogens is 1. The average Bonchev–Trinajstić information content (AvgIpc) is 2.80. The minimum Gasteiger partial charge on any atom is -0.398 e. The SMILES string of the molecule is CC1=C(c2cnc(N3CCOCC3)cc2N)CCC1C. The fourth-order valence-electron chi connectivity index (χ4n) is 3.10. The monoisotopic (exact) mass is 273 g/mol. The number of anilines is 2. The molecule has 0 spiro atoms. The second-order valence-corrected chi connectivity index (χ2v) is 5.83. The van der Waals surface area contributed by atoms with E-state index in [9.17, 15) is 0 Å². The highest BCUT2D eigenvalue weighted by Gasteiger charge is 2.22. The normalized spacial score (nSPS) is 23.5. The molecule has 1 unspecified atom stereocenters. The van der Waals surface area contributed by atoms with Gasteiger partial charge in [-0.15, -0.1) is 0 Å². The zero-order valence-corrected chi connectivity index (χ0v) is 12.4. The van der Waals surface area contributed by atoms with Gasteiger partial charge in [0.2, 0.25) is 0 Å². The van der Waals surface area contributed by atoms with Crippen molar-refractivity contribution in [3.05, 3.63) is 23.4 Å². The Balaban J connectivity index is 1.88. The summed E-state index contributed by atoms with van der Waals surface area (Å²) in [5.41, 5.74) is 11.1. The maximum absolute atomic E-state index is 6.28. The van der Waals surface area contributed by atoms with Crippen LogP contribution < -0.4 is 10.6 Å². The lowest BCUT2D eigenvalue weighted by atomic mass is 10.0. The van der Waals surface area contributed by atoms with Gasteiger partial charge in [0, 0.05) is 36.6 Å². The molecule has 3 rings (SSSR count). The van der Waals surface area contributed by atoms with E-state index in [1.54, 1.807) is 0 Å². The molecular weight excluding hydrogens is 250 g/mol. The first kappa shape index (κ1) is 13.4. The Labute approximate surface area is 120 Å². The standard InChI is InChI=1S/C16H23N3O/c1-11-3-4-13(12(11)2)14-10-18-16(9-15(14)17)19-5-7-20-8-6-19/h9-11H,3-8H2,1-2H3,(H2,17,18). The number of rotatable bonds is 2. The summed E-state index contributed by atoms with van der Waals surface area (Å²) in [5, 5.41) is 0. The van der Waals surface area contributed by atoms with Crippen LogP contribution >= 0.6 is 0 Å². The van der Waals surface area contributed by atoms with E-state index >= 15 is 0 Å². The molecule has 20 heavy (non-hydrogen) atoms. The fourth-order valence-corrected chi connectivity index (χ4v) is 3.10. The topological polar surface area (TPSA) is 51.4 Å². The van der Waals surface area contributed by atoms with Crippen molar-refractivity contribution in [2.75, 3.05) is 36.9 Å². The van der Waals surface area contributed by atoms with Crippen molar-refractivity contribution in [2.45, 2.75) is 26.7 Å². The lowest BCUT2D eigenvalue weighted by molar-refractivity contribution is 0.122. The molecule has 4 nitrogen and oxygen atoms in total. The molecule has 0 aromatic carbocycles. The van der Waals surface area contributed by atoms with E-state index < -0.39 is 0 Å². The van der Waals surface area contributed by atoms with Crippen molar-refractivity contribution in [1.29, 1.82) is 0 Å². The first-order valence-electron chi connectivity index (χ1n) is 7.45. The van der Waals surface area contributed by atoms with Crippen LogP contribution in [0.2, 0.25) is 0 Å². The van der Waals surface area contributed by atoms with Gasteiger partial charge >= 0.3 is 0 Å². The Morgan fingerprint density at radius 1 is 1.35 bits per heavy atom. The van der Waals surface area contributed by atoms with Crippen LogP contribution in [0.3, 0.4) is 0 Å². The number of nitrogen functional groups attached to an aromatic ring is 1. The summed E-state index contributed by atoms with van der Waals surface area (Å²) in [6.45, 7) is 7.84. The van der Waals surface area contributed by atoms with E-state index in [2.05, 4.69) is 23.7 Å². The molecule has 2 N–H and O–H groups in total. The molecule has 0 radical (unpaired) electrons. The summed E-state index contributed by atoms with van der Waals surface area (Å²) in [7, 11) is 0. The van der Waals surface area contributed by atoms with Gasteiger partial charge in [0.15, 0.2) is 0 Å². The molecule has 1 aromatic rings. The number of hydrogen-bond acceptors (Lipinski definition) is 4. The number of nitrogens with two attached hydrogens (primary N) is 1. The fraction of sp³-hybridized carbons (Fsp3) is 0.562. The van der Waals surface area contributed by atoms with Gasteiger partial charge in [0.25, 0.3) is 0 Å². The predicted molar refractivity (Wildman–Crippen MR) is 82.7 cm³/mol. The molecule has 1 fully saturated rings. The van der Waals surface area contributed by atoms with Crippen LogP contribution in [0.15, 0.2) is 17.8 Å². The van der Waals surface area contributed by atoms with Crippen LogP contribution in [0.5, 0.6) is 0 Å². The lowest BCUT2D eigenvalue weighted by Gasteiger charge is -2.28. The van der Waals surface area contributed by atoms with Crippen molar-refractivity contribution in [2.24, 2.45) is 5.92 Å². The van der Waals surface area contributed by atoms with E-state index in [1.165, 1.54) is 17.6 Å². The van der Waals surface area contributed by atoms with Gasteiger partial charge in [0.1, 0.15) is 5.82 Å². The minimum atomic E-state index is 0.670. The molecule has 1 aliphatic carbocycles. The highest BCUT2D eigenvalue weighted by Crippen LogP contribution is 2.39. The Morgan fingerprint density at radius 3 is 2.70 bits per heavy atom. The number of pyridine rings is 1. The maximum atomic E-state index is 6.28. The number of morpholine rings is 1. The predicted octanol–water partition coefficient (Wildman–Crippen LogP) is 2.70. The summed E-state index contributed by atoms with van der Waals surface area (Å²) < 4.78 is 5.37. The van der Waals surface area contributed by atoms with E-state index in [-0.39, 0.29) is 0 Å². The third-order valence-corrected chi connectivity index (χ3v) is 4.62. The summed E-state index contributed by atoms with van der Waals surface area (Å²) in [6.07, 6.45) is 4.30.